The Kier molecular flexibility index (Phi) is 10.1. The maximum Gasteiger partial charge on any atom is 0.352 e. The van der Waals surface area contributed by atoms with Crippen LogP contribution in [0.4, 0.5) is 30.9 Å². The summed E-state index contributed by atoms with van der Waals surface area (Å²) in [4.78, 5) is 34.6. The van der Waals surface area contributed by atoms with E-state index in [-0.39, 0.29) is 24.2 Å². The van der Waals surface area contributed by atoms with Crippen molar-refractivity contribution in [1.82, 2.24) is 19.7 Å². The van der Waals surface area contributed by atoms with E-state index >= 15 is 0 Å². The fourth-order valence-corrected chi connectivity index (χ4v) is 7.13. The van der Waals surface area contributed by atoms with Crippen molar-refractivity contribution in [2.75, 3.05) is 47.7 Å². The highest BCUT2D eigenvalue weighted by molar-refractivity contribution is 7.86. The van der Waals surface area contributed by atoms with Crippen LogP contribution in [0.1, 0.15) is 66.2 Å². The molecule has 2 fully saturated rings. The zero-order valence-electron chi connectivity index (χ0n) is 29.0. The third kappa shape index (κ3) is 7.89. The lowest BCUT2D eigenvalue weighted by molar-refractivity contribution is 0.0736. The first-order chi connectivity index (χ1) is 24.2. The van der Waals surface area contributed by atoms with Gasteiger partial charge in [0.15, 0.2) is 0 Å². The number of aryl methyl sites for hydroxylation is 2. The van der Waals surface area contributed by atoms with Gasteiger partial charge in [-0.1, -0.05) is 49.9 Å². The van der Waals surface area contributed by atoms with Crippen LogP contribution in [-0.2, 0) is 19.8 Å². The van der Waals surface area contributed by atoms with E-state index in [1.54, 1.807) is 17.7 Å². The second-order valence-electron chi connectivity index (χ2n) is 13.5. The number of anilines is 3. The predicted octanol–water partition coefficient (Wildman–Crippen LogP) is 6.28. The van der Waals surface area contributed by atoms with Gasteiger partial charge in [-0.25, -0.2) is 23.2 Å². The quantitative estimate of drug-likeness (QED) is 0.211. The number of aromatic nitrogens is 3. The first kappa shape index (κ1) is 35.9. The summed E-state index contributed by atoms with van der Waals surface area (Å²) in [6, 6.07) is 13.5. The molecule has 2 aromatic heterocycles. The maximum atomic E-state index is 14.2. The topological polar surface area (TPSA) is 130 Å². The Morgan fingerprint density at radius 3 is 2.20 bits per heavy atom. The molecule has 0 spiro atoms. The number of benzene rings is 2. The third-order valence-corrected chi connectivity index (χ3v) is 9.93. The predicted molar refractivity (Wildman–Crippen MR) is 190 cm³/mol. The van der Waals surface area contributed by atoms with Crippen molar-refractivity contribution in [2.24, 2.45) is 0 Å². The van der Waals surface area contributed by atoms with Crippen LogP contribution >= 0.6 is 0 Å². The van der Waals surface area contributed by atoms with Gasteiger partial charge in [0.1, 0.15) is 28.8 Å². The summed E-state index contributed by atoms with van der Waals surface area (Å²) in [5, 5.41) is 8.40. The third-order valence-electron chi connectivity index (χ3n) is 9.51. The largest absolute Gasteiger partial charge is 0.353 e. The van der Waals surface area contributed by atoms with Crippen LogP contribution in [-0.4, -0.2) is 72.5 Å². The van der Waals surface area contributed by atoms with E-state index in [9.17, 15) is 26.8 Å². The number of carbonyl (C=O) groups excluding carboxylic acids is 2. The molecule has 1 aliphatic heterocycles. The normalized spacial score (nSPS) is 16.2. The van der Waals surface area contributed by atoms with Crippen LogP contribution in [0.25, 0.3) is 5.69 Å². The van der Waals surface area contributed by atoms with E-state index in [4.69, 9.17) is 9.38 Å². The van der Waals surface area contributed by atoms with Crippen LogP contribution in [0.3, 0.4) is 0 Å². The summed E-state index contributed by atoms with van der Waals surface area (Å²) < 4.78 is 60.2. The molecule has 4 aromatic rings. The average molecular weight is 722 g/mol. The molecule has 3 heterocycles. The molecule has 2 aliphatic rings. The van der Waals surface area contributed by atoms with Crippen molar-refractivity contribution in [3.8, 4) is 5.69 Å². The van der Waals surface area contributed by atoms with E-state index in [2.05, 4.69) is 17.2 Å². The Bertz CT molecular complexity index is 2020. The van der Waals surface area contributed by atoms with Crippen molar-refractivity contribution in [3.63, 3.8) is 0 Å². The molecule has 1 aliphatic carbocycles. The molecule has 1 saturated carbocycles. The molecule has 0 atom stereocenters. The molecule has 2 aromatic carbocycles. The van der Waals surface area contributed by atoms with Crippen molar-refractivity contribution in [2.45, 2.75) is 58.3 Å². The number of piperazine rings is 1. The molecule has 0 bridgehead atoms. The summed E-state index contributed by atoms with van der Waals surface area (Å²) >= 11 is 0. The van der Waals surface area contributed by atoms with Crippen LogP contribution < -0.4 is 15.3 Å². The van der Waals surface area contributed by atoms with Crippen molar-refractivity contribution in [1.29, 1.82) is 0 Å². The lowest BCUT2D eigenvalue weighted by Gasteiger charge is -2.36. The van der Waals surface area contributed by atoms with Gasteiger partial charge >= 0.3 is 6.03 Å². The van der Waals surface area contributed by atoms with Gasteiger partial charge in [0.25, 0.3) is 16.0 Å². The number of rotatable bonds is 8. The van der Waals surface area contributed by atoms with E-state index in [0.29, 0.717) is 35.4 Å². The van der Waals surface area contributed by atoms with Crippen LogP contribution in [0.15, 0.2) is 60.8 Å². The average Bonchev–Trinajstić information content (AvgIpc) is 3.52. The minimum absolute atomic E-state index is 0.0592. The summed E-state index contributed by atoms with van der Waals surface area (Å²) in [5.41, 5.74) is 2.50. The Balaban J connectivity index is 1.24. The van der Waals surface area contributed by atoms with Gasteiger partial charge in [0.2, 0.25) is 0 Å². The molecule has 12 nitrogen and oxygen atoms in total. The first-order valence-electron chi connectivity index (χ1n) is 16.9. The molecular formula is C36H41F2N7O5S. The Hall–Kier alpha value is -4.89. The monoisotopic (exact) mass is 721 g/mol. The maximum absolute atomic E-state index is 14.2. The Morgan fingerprint density at radius 1 is 0.941 bits per heavy atom. The molecule has 0 radical (unpaired) electrons. The second-order valence-corrected chi connectivity index (χ2v) is 15.1. The van der Waals surface area contributed by atoms with E-state index in [1.807, 2.05) is 42.2 Å². The minimum Gasteiger partial charge on any atom is -0.353 e. The SMILES string of the molecule is Cc1ccc(-n2nc(C3(C)CCCCC3)cc2NC(=O)N(OS(C)(=O)=O)c2cnc(N3CCN(C(=O)c4c(F)cccc4F)CC3)c(C)c2)cc1. The Morgan fingerprint density at radius 2 is 1.59 bits per heavy atom. The molecule has 15 heteroatoms. The van der Waals surface area contributed by atoms with Crippen LogP contribution in [0, 0.1) is 25.5 Å². The van der Waals surface area contributed by atoms with Gasteiger partial charge in [-0.2, -0.15) is 18.6 Å². The molecule has 1 saturated heterocycles. The number of urea groups is 1. The number of carbonyl (C=O) groups is 2. The fourth-order valence-electron chi connectivity index (χ4n) is 6.70. The van der Waals surface area contributed by atoms with Gasteiger partial charge in [0.05, 0.1) is 29.5 Å². The van der Waals surface area contributed by atoms with Gasteiger partial charge in [-0.3, -0.25) is 10.1 Å². The molecule has 6 rings (SSSR count). The molecule has 51 heavy (non-hydrogen) atoms. The van der Waals surface area contributed by atoms with Crippen molar-refractivity contribution < 1.29 is 31.1 Å². The van der Waals surface area contributed by atoms with Gasteiger partial charge in [-0.05, 0) is 62.6 Å². The molecule has 1 N–H and O–H groups in total. The van der Waals surface area contributed by atoms with Crippen LogP contribution in [0.5, 0.6) is 0 Å². The lowest BCUT2D eigenvalue weighted by atomic mass is 9.73. The number of hydrogen-bond acceptors (Lipinski definition) is 8. The van der Waals surface area contributed by atoms with E-state index in [0.717, 1.165) is 67.4 Å². The van der Waals surface area contributed by atoms with E-state index < -0.39 is 39.3 Å². The zero-order valence-corrected chi connectivity index (χ0v) is 29.8. The summed E-state index contributed by atoms with van der Waals surface area (Å²) in [7, 11) is -4.17. The number of hydrogen-bond donors (Lipinski definition) is 1. The highest BCUT2D eigenvalue weighted by atomic mass is 32.2. The highest BCUT2D eigenvalue weighted by Gasteiger charge is 2.34. The fraction of sp³-hybridized carbons (Fsp3) is 0.389. The highest BCUT2D eigenvalue weighted by Crippen LogP contribution is 2.40. The second kappa shape index (κ2) is 14.4. The summed E-state index contributed by atoms with van der Waals surface area (Å²) in [6.07, 6.45) is 7.40. The number of nitrogens with zero attached hydrogens (tertiary/aromatic N) is 6. The minimum atomic E-state index is -4.17. The molecule has 0 unspecified atom stereocenters. The Labute approximate surface area is 296 Å². The summed E-state index contributed by atoms with van der Waals surface area (Å²) in [5.74, 6) is -1.69. The van der Waals surface area contributed by atoms with E-state index in [1.165, 1.54) is 17.2 Å². The smallest absolute Gasteiger partial charge is 0.352 e. The standard InChI is InChI=1S/C36H41F2N7O5S/c1-24-11-13-26(14-12-24)44-31(22-30(41-44)36(3)15-6-5-7-16-36)40-35(47)45(50-51(4,48)49)27-21-25(2)33(39-23-27)42-17-19-43(20-18-42)34(46)32-28(37)9-8-10-29(32)38/h8-14,21-23H,5-7,15-20H2,1-4H3,(H,40,47). The van der Waals surface area contributed by atoms with Gasteiger partial charge in [-0.15, -0.1) is 4.28 Å². The number of hydroxylamine groups is 1. The number of pyridine rings is 1. The number of nitrogens with one attached hydrogen (secondary N) is 1. The zero-order chi connectivity index (χ0) is 36.5. The molecular weight excluding hydrogens is 681 g/mol. The van der Waals surface area contributed by atoms with Gasteiger partial charge < -0.3 is 9.80 Å². The lowest BCUT2D eigenvalue weighted by Crippen LogP contribution is -2.49. The van der Waals surface area contributed by atoms with Gasteiger partial charge in [0, 0.05) is 37.7 Å². The number of amides is 3. The van der Waals surface area contributed by atoms with Crippen LogP contribution in [0.2, 0.25) is 0 Å². The first-order valence-corrected chi connectivity index (χ1v) is 18.7. The summed E-state index contributed by atoms with van der Waals surface area (Å²) in [6.45, 7) is 6.93. The number of halogens is 2. The molecule has 270 valence electrons. The van der Waals surface area contributed by atoms with Crippen molar-refractivity contribution >= 4 is 39.4 Å². The molecule has 3 amide bonds. The van der Waals surface area contributed by atoms with Crippen molar-refractivity contribution in [3.05, 3.63) is 94.8 Å².